The van der Waals surface area contributed by atoms with Gasteiger partial charge in [0.05, 0.1) is 5.57 Å². The van der Waals surface area contributed by atoms with E-state index in [9.17, 15) is 26.4 Å². The molecule has 0 saturated carbocycles. The Kier molecular flexibility index (Phi) is 3.52. The molecule has 10 heteroatoms. The summed E-state index contributed by atoms with van der Waals surface area (Å²) in [5.41, 5.74) is -1.06. The van der Waals surface area contributed by atoms with Crippen molar-refractivity contribution in [3.05, 3.63) is 34.7 Å². The minimum Gasteiger partial charge on any atom is -0.478 e. The smallest absolute Gasteiger partial charge is 0.429 e. The van der Waals surface area contributed by atoms with Gasteiger partial charge in [0.1, 0.15) is 5.76 Å². The van der Waals surface area contributed by atoms with E-state index in [0.29, 0.717) is 6.08 Å². The molecule has 0 radical (unpaired) electrons. The third-order valence-electron chi connectivity index (χ3n) is 2.68. The van der Waals surface area contributed by atoms with Gasteiger partial charge in [-0.15, -0.1) is 0 Å². The zero-order valence-electron chi connectivity index (χ0n) is 10.4. The number of sulfone groups is 1. The highest BCUT2D eigenvalue weighted by atomic mass is 32.2. The van der Waals surface area contributed by atoms with E-state index in [-0.39, 0.29) is 5.76 Å². The topological polar surface area (TPSA) is 89.9 Å². The van der Waals surface area contributed by atoms with Crippen LogP contribution in [0.2, 0.25) is 0 Å². The Labute approximate surface area is 117 Å². The van der Waals surface area contributed by atoms with E-state index in [1.54, 1.807) is 0 Å². The molecule has 116 valence electrons. The number of alkyl halides is 3. The predicted molar refractivity (Wildman–Crippen MR) is 62.5 cm³/mol. The normalized spacial score (nSPS) is 25.6. The maximum Gasteiger partial charge on any atom is 0.429 e. The van der Waals surface area contributed by atoms with Gasteiger partial charge in [-0.2, -0.15) is 13.2 Å². The van der Waals surface area contributed by atoms with Gasteiger partial charge in [0.15, 0.2) is 6.10 Å². The molecule has 2 aliphatic heterocycles. The molecule has 2 atom stereocenters. The number of carboxylic acids is 1. The maximum atomic E-state index is 12.8. The maximum absolute atomic E-state index is 12.8. The number of carbonyl (C=O) groups is 1. The average Bonchev–Trinajstić information content (AvgIpc) is 2.34. The Morgan fingerprint density at radius 3 is 2.38 bits per heavy atom. The lowest BCUT2D eigenvalue weighted by Crippen LogP contribution is -2.42. The number of hydrogen-bond acceptors (Lipinski definition) is 5. The molecule has 21 heavy (non-hydrogen) atoms. The standard InChI is InChI=1S/C11H9F3O6S/c1-21(17,18)8-3-2-6-7(19-8)4-5(10(15)16)9(20-6)11(12,13)14/h2-4,7,9H,1H3,(H,15,16). The van der Waals surface area contributed by atoms with Crippen LogP contribution < -0.4 is 0 Å². The summed E-state index contributed by atoms with van der Waals surface area (Å²) >= 11 is 0. The van der Waals surface area contributed by atoms with Gasteiger partial charge in [0.2, 0.25) is 21.0 Å². The number of ether oxygens (including phenoxy) is 2. The van der Waals surface area contributed by atoms with Gasteiger partial charge in [0, 0.05) is 6.26 Å². The molecule has 0 saturated heterocycles. The fraction of sp³-hybridized carbons (Fsp3) is 0.364. The molecule has 2 rings (SSSR count). The lowest BCUT2D eigenvalue weighted by atomic mass is 10.0. The summed E-state index contributed by atoms with van der Waals surface area (Å²) in [4.78, 5) is 10.9. The number of hydrogen-bond donors (Lipinski definition) is 1. The van der Waals surface area contributed by atoms with E-state index < -0.39 is 44.9 Å². The highest BCUT2D eigenvalue weighted by molar-refractivity contribution is 7.94. The van der Waals surface area contributed by atoms with Crippen LogP contribution in [0.1, 0.15) is 0 Å². The van der Waals surface area contributed by atoms with Crippen LogP contribution in [0.25, 0.3) is 0 Å². The molecule has 0 aliphatic carbocycles. The van der Waals surface area contributed by atoms with Crippen molar-refractivity contribution in [3.8, 4) is 0 Å². The van der Waals surface area contributed by atoms with Gasteiger partial charge >= 0.3 is 12.1 Å². The first-order valence-electron chi connectivity index (χ1n) is 5.47. The quantitative estimate of drug-likeness (QED) is 0.818. The van der Waals surface area contributed by atoms with Crippen LogP contribution in [0.5, 0.6) is 0 Å². The SMILES string of the molecule is CS(=O)(=O)C1=CC=C2OC(C(F)(F)F)C(C(=O)O)=CC2O1. The fourth-order valence-corrected chi connectivity index (χ4v) is 2.37. The van der Waals surface area contributed by atoms with Crippen molar-refractivity contribution in [1.82, 2.24) is 0 Å². The number of carboxylic acid groups (broad SMARTS) is 1. The molecule has 2 heterocycles. The van der Waals surface area contributed by atoms with E-state index >= 15 is 0 Å². The Balaban J connectivity index is 2.44. The van der Waals surface area contributed by atoms with E-state index in [2.05, 4.69) is 4.74 Å². The van der Waals surface area contributed by atoms with Crippen LogP contribution >= 0.6 is 0 Å². The Bertz CT molecular complexity index is 671. The Morgan fingerprint density at radius 1 is 1.29 bits per heavy atom. The van der Waals surface area contributed by atoms with E-state index in [4.69, 9.17) is 9.84 Å². The highest BCUT2D eigenvalue weighted by Crippen LogP contribution is 2.37. The first-order valence-corrected chi connectivity index (χ1v) is 7.36. The van der Waals surface area contributed by atoms with Gasteiger partial charge < -0.3 is 14.6 Å². The van der Waals surface area contributed by atoms with E-state index in [0.717, 1.165) is 18.4 Å². The van der Waals surface area contributed by atoms with Gasteiger partial charge in [0.25, 0.3) is 0 Å². The van der Waals surface area contributed by atoms with Crippen LogP contribution in [-0.2, 0) is 24.1 Å². The summed E-state index contributed by atoms with van der Waals surface area (Å²) in [5.74, 6) is -2.13. The van der Waals surface area contributed by atoms with Gasteiger partial charge in [-0.25, -0.2) is 13.2 Å². The summed E-state index contributed by atoms with van der Waals surface area (Å²) in [7, 11) is -3.72. The average molecular weight is 326 g/mol. The number of rotatable bonds is 2. The summed E-state index contributed by atoms with van der Waals surface area (Å²) in [6.07, 6.45) is -5.38. The van der Waals surface area contributed by atoms with Gasteiger partial charge in [-0.1, -0.05) is 0 Å². The third-order valence-corrected chi connectivity index (χ3v) is 3.65. The van der Waals surface area contributed by atoms with Crippen LogP contribution in [0, 0.1) is 0 Å². The minimum absolute atomic E-state index is 0.310. The largest absolute Gasteiger partial charge is 0.478 e. The van der Waals surface area contributed by atoms with E-state index in [1.165, 1.54) is 0 Å². The molecule has 0 aromatic carbocycles. The van der Waals surface area contributed by atoms with Crippen molar-refractivity contribution in [1.29, 1.82) is 0 Å². The molecule has 0 spiro atoms. The van der Waals surface area contributed by atoms with Gasteiger partial charge in [-0.05, 0) is 18.2 Å². The van der Waals surface area contributed by atoms with Crippen molar-refractivity contribution in [3.63, 3.8) is 0 Å². The number of aliphatic carboxylic acids is 1. The van der Waals surface area contributed by atoms with Crippen molar-refractivity contribution in [2.45, 2.75) is 18.4 Å². The molecule has 0 aromatic rings. The van der Waals surface area contributed by atoms with Gasteiger partial charge in [-0.3, -0.25) is 0 Å². The first kappa shape index (κ1) is 15.4. The molecule has 0 fully saturated rings. The molecular weight excluding hydrogens is 317 g/mol. The van der Waals surface area contributed by atoms with Crippen molar-refractivity contribution < 1.29 is 41.0 Å². The molecule has 0 aromatic heterocycles. The molecule has 2 aliphatic rings. The number of allylic oxidation sites excluding steroid dienone is 2. The molecular formula is C11H9F3O6S. The summed E-state index contributed by atoms with van der Waals surface area (Å²) in [6.45, 7) is 0. The molecule has 0 bridgehead atoms. The monoisotopic (exact) mass is 326 g/mol. The summed E-state index contributed by atoms with van der Waals surface area (Å²) in [6, 6.07) is 0. The van der Waals surface area contributed by atoms with Crippen LogP contribution in [-0.4, -0.2) is 44.1 Å². The second-order valence-electron chi connectivity index (χ2n) is 4.33. The second kappa shape index (κ2) is 4.79. The fourth-order valence-electron chi connectivity index (χ4n) is 1.78. The van der Waals surface area contributed by atoms with Crippen LogP contribution in [0.3, 0.4) is 0 Å². The van der Waals surface area contributed by atoms with Crippen molar-refractivity contribution in [2.75, 3.05) is 6.26 Å². The van der Waals surface area contributed by atoms with Crippen LogP contribution in [0.4, 0.5) is 13.2 Å². The summed E-state index contributed by atoms with van der Waals surface area (Å²) in [5, 5.41) is 8.35. The Hall–Kier alpha value is -1.97. The molecule has 0 amide bonds. The van der Waals surface area contributed by atoms with Crippen molar-refractivity contribution in [2.24, 2.45) is 0 Å². The Morgan fingerprint density at radius 2 is 1.90 bits per heavy atom. The van der Waals surface area contributed by atoms with E-state index in [1.807, 2.05) is 0 Å². The second-order valence-corrected chi connectivity index (χ2v) is 6.28. The highest BCUT2D eigenvalue weighted by Gasteiger charge is 2.50. The molecule has 1 N–H and O–H groups in total. The summed E-state index contributed by atoms with van der Waals surface area (Å²) < 4.78 is 70.5. The first-order chi connectivity index (χ1) is 9.50. The lowest BCUT2D eigenvalue weighted by Gasteiger charge is -2.33. The predicted octanol–water partition coefficient (Wildman–Crippen LogP) is 1.13. The third kappa shape index (κ3) is 3.04. The number of fused-ring (bicyclic) bond motifs is 1. The lowest BCUT2D eigenvalue weighted by molar-refractivity contribution is -0.205. The minimum atomic E-state index is -4.92. The number of halogens is 3. The zero-order chi connectivity index (χ0) is 16.0. The zero-order valence-corrected chi connectivity index (χ0v) is 11.2. The van der Waals surface area contributed by atoms with Crippen molar-refractivity contribution >= 4 is 15.8 Å². The molecule has 6 nitrogen and oxygen atoms in total. The van der Waals surface area contributed by atoms with Crippen LogP contribution in [0.15, 0.2) is 34.7 Å². The molecule has 2 unspecified atom stereocenters.